The van der Waals surface area contributed by atoms with E-state index in [0.29, 0.717) is 22.6 Å². The maximum Gasteiger partial charge on any atom is 0.312 e. The highest BCUT2D eigenvalue weighted by Crippen LogP contribution is 2.38. The number of halogens is 1. The van der Waals surface area contributed by atoms with Gasteiger partial charge in [0.2, 0.25) is 5.75 Å². The van der Waals surface area contributed by atoms with E-state index in [2.05, 4.69) is 42.4 Å². The summed E-state index contributed by atoms with van der Waals surface area (Å²) in [5, 5.41) is 11.1. The number of benzene rings is 1. The molecule has 0 N–H and O–H groups in total. The van der Waals surface area contributed by atoms with Crippen molar-refractivity contribution in [1.29, 1.82) is 0 Å². The molecule has 0 spiro atoms. The fourth-order valence-corrected chi connectivity index (χ4v) is 3.42. The van der Waals surface area contributed by atoms with Gasteiger partial charge < -0.3 is 4.74 Å². The number of thiol groups is 1. The third kappa shape index (κ3) is 4.88. The second-order valence-electron chi connectivity index (χ2n) is 5.29. The number of nitro benzene ring substituents is 1. The summed E-state index contributed by atoms with van der Waals surface area (Å²) in [7, 11) is 0. The van der Waals surface area contributed by atoms with Gasteiger partial charge in [0.25, 0.3) is 0 Å². The van der Waals surface area contributed by atoms with Gasteiger partial charge in [-0.3, -0.25) is 10.1 Å². The highest BCUT2D eigenvalue weighted by molar-refractivity contribution is 9.10. The van der Waals surface area contributed by atoms with Gasteiger partial charge >= 0.3 is 5.69 Å². The minimum atomic E-state index is -0.415. The Kier molecular flexibility index (Phi) is 7.52. The molecule has 0 atom stereocenters. The van der Waals surface area contributed by atoms with Crippen molar-refractivity contribution < 1.29 is 9.66 Å². The third-order valence-electron chi connectivity index (χ3n) is 3.56. The van der Waals surface area contributed by atoms with E-state index in [4.69, 9.17) is 4.74 Å². The van der Waals surface area contributed by atoms with Gasteiger partial charge in [0.1, 0.15) is 0 Å². The zero-order chi connectivity index (χ0) is 15.9. The number of ether oxygens (including phenoxy) is 1. The largest absolute Gasteiger partial charge is 0.485 e. The van der Waals surface area contributed by atoms with Crippen LogP contribution in [0.3, 0.4) is 0 Å². The lowest BCUT2D eigenvalue weighted by atomic mass is 9.82. The van der Waals surface area contributed by atoms with Crippen LogP contribution in [0.4, 0.5) is 5.69 Å². The summed E-state index contributed by atoms with van der Waals surface area (Å²) in [5.41, 5.74) is -0.0408. The van der Waals surface area contributed by atoms with Crippen LogP contribution in [-0.4, -0.2) is 17.3 Å². The molecule has 118 valence electrons. The Balaban J connectivity index is 2.97. The summed E-state index contributed by atoms with van der Waals surface area (Å²) in [4.78, 5) is 10.7. The summed E-state index contributed by atoms with van der Waals surface area (Å²) >= 11 is 7.82. The molecule has 0 bridgehead atoms. The van der Waals surface area contributed by atoms with Crippen LogP contribution in [0.1, 0.15) is 39.5 Å². The van der Waals surface area contributed by atoms with Crippen molar-refractivity contribution in [2.45, 2.75) is 39.5 Å². The van der Waals surface area contributed by atoms with Gasteiger partial charge in [0.05, 0.1) is 16.0 Å². The van der Waals surface area contributed by atoms with Crippen molar-refractivity contribution in [3.8, 4) is 5.75 Å². The van der Waals surface area contributed by atoms with Crippen LogP contribution in [0.5, 0.6) is 5.75 Å². The van der Waals surface area contributed by atoms with Gasteiger partial charge in [0, 0.05) is 11.5 Å². The highest BCUT2D eigenvalue weighted by Gasteiger charge is 2.29. The fourth-order valence-electron chi connectivity index (χ4n) is 2.54. The number of nitrogens with zero attached hydrogens (tertiary/aromatic N) is 1. The number of nitro groups is 1. The van der Waals surface area contributed by atoms with E-state index in [-0.39, 0.29) is 11.1 Å². The Morgan fingerprint density at radius 1 is 1.33 bits per heavy atom. The van der Waals surface area contributed by atoms with E-state index < -0.39 is 4.92 Å². The van der Waals surface area contributed by atoms with E-state index >= 15 is 0 Å². The van der Waals surface area contributed by atoms with E-state index in [9.17, 15) is 10.1 Å². The SMILES string of the molecule is CCCC(CS)(CCC)COc1c(Br)cccc1[N+](=O)[O-]. The van der Waals surface area contributed by atoms with Crippen LogP contribution in [0.25, 0.3) is 0 Å². The molecule has 0 aliphatic rings. The molecule has 0 unspecified atom stereocenters. The van der Waals surface area contributed by atoms with Crippen molar-refractivity contribution in [3.63, 3.8) is 0 Å². The maximum absolute atomic E-state index is 11.1. The predicted molar refractivity (Wildman–Crippen MR) is 92.4 cm³/mol. The molecule has 0 radical (unpaired) electrons. The molecule has 6 heteroatoms. The minimum absolute atomic E-state index is 0.00886. The molecule has 21 heavy (non-hydrogen) atoms. The van der Waals surface area contributed by atoms with E-state index in [1.807, 2.05) is 0 Å². The molecule has 0 aromatic heterocycles. The Labute approximate surface area is 140 Å². The normalized spacial score (nSPS) is 11.4. The van der Waals surface area contributed by atoms with E-state index in [0.717, 1.165) is 25.7 Å². The Hall–Kier alpha value is -0.750. The Morgan fingerprint density at radius 2 is 1.95 bits per heavy atom. The zero-order valence-electron chi connectivity index (χ0n) is 12.5. The standard InChI is InChI=1S/C15H22BrNO3S/c1-3-8-15(11-21,9-4-2)10-20-14-12(16)6-5-7-13(14)17(18)19/h5-7,21H,3-4,8-11H2,1-2H3. The first kappa shape index (κ1) is 18.3. The van der Waals surface area contributed by atoms with Crippen molar-refractivity contribution >= 4 is 34.2 Å². The number of para-hydroxylation sites is 1. The Morgan fingerprint density at radius 3 is 2.43 bits per heavy atom. The Bertz CT molecular complexity index is 476. The van der Waals surface area contributed by atoms with Crippen LogP contribution in [0.2, 0.25) is 0 Å². The molecule has 4 nitrogen and oxygen atoms in total. The van der Waals surface area contributed by atoms with Gasteiger partial charge in [-0.1, -0.05) is 32.8 Å². The quantitative estimate of drug-likeness (QED) is 0.364. The first-order chi connectivity index (χ1) is 9.99. The zero-order valence-corrected chi connectivity index (χ0v) is 15.0. The summed E-state index contributed by atoms with van der Waals surface area (Å²) in [6.07, 6.45) is 4.09. The molecule has 0 heterocycles. The van der Waals surface area contributed by atoms with Crippen LogP contribution >= 0.6 is 28.6 Å². The molecule has 0 fully saturated rings. The fraction of sp³-hybridized carbons (Fsp3) is 0.600. The van der Waals surface area contributed by atoms with Gasteiger partial charge in [-0.2, -0.15) is 12.6 Å². The molecule has 0 saturated carbocycles. The predicted octanol–water partition coefficient (Wildman–Crippen LogP) is 5.25. The topological polar surface area (TPSA) is 52.4 Å². The van der Waals surface area contributed by atoms with Crippen LogP contribution in [-0.2, 0) is 0 Å². The van der Waals surface area contributed by atoms with Crippen molar-refractivity contribution in [1.82, 2.24) is 0 Å². The first-order valence-electron chi connectivity index (χ1n) is 7.16. The molecule has 1 rings (SSSR count). The van der Waals surface area contributed by atoms with Crippen LogP contribution in [0, 0.1) is 15.5 Å². The first-order valence-corrected chi connectivity index (χ1v) is 8.58. The number of rotatable bonds is 9. The molecular formula is C15H22BrNO3S. The lowest BCUT2D eigenvalue weighted by Crippen LogP contribution is -2.30. The molecule has 0 saturated heterocycles. The summed E-state index contributed by atoms with van der Waals surface area (Å²) < 4.78 is 6.46. The average Bonchev–Trinajstić information content (AvgIpc) is 2.45. The molecule has 1 aromatic carbocycles. The van der Waals surface area contributed by atoms with E-state index in [1.165, 1.54) is 6.07 Å². The van der Waals surface area contributed by atoms with Gasteiger partial charge in [-0.05, 0) is 40.6 Å². The average molecular weight is 376 g/mol. The molecular weight excluding hydrogens is 354 g/mol. The van der Waals surface area contributed by atoms with E-state index in [1.54, 1.807) is 12.1 Å². The highest BCUT2D eigenvalue weighted by atomic mass is 79.9. The van der Waals surface area contributed by atoms with Gasteiger partial charge in [-0.25, -0.2) is 0 Å². The number of hydrogen-bond donors (Lipinski definition) is 1. The summed E-state index contributed by atoms with van der Waals surface area (Å²) in [6.45, 7) is 4.71. The molecule has 0 aliphatic heterocycles. The van der Waals surface area contributed by atoms with Crippen molar-refractivity contribution in [3.05, 3.63) is 32.8 Å². The van der Waals surface area contributed by atoms with Crippen molar-refractivity contribution in [2.75, 3.05) is 12.4 Å². The number of hydrogen-bond acceptors (Lipinski definition) is 4. The monoisotopic (exact) mass is 375 g/mol. The minimum Gasteiger partial charge on any atom is -0.485 e. The second kappa shape index (κ2) is 8.63. The summed E-state index contributed by atoms with van der Waals surface area (Å²) in [5.74, 6) is 1.02. The third-order valence-corrected chi connectivity index (χ3v) is 4.86. The summed E-state index contributed by atoms with van der Waals surface area (Å²) in [6, 6.07) is 4.85. The van der Waals surface area contributed by atoms with Crippen molar-refractivity contribution in [2.24, 2.45) is 5.41 Å². The lowest BCUT2D eigenvalue weighted by molar-refractivity contribution is -0.386. The maximum atomic E-state index is 11.1. The molecule has 0 amide bonds. The van der Waals surface area contributed by atoms with Gasteiger partial charge in [0.15, 0.2) is 0 Å². The van der Waals surface area contributed by atoms with Crippen LogP contribution in [0.15, 0.2) is 22.7 Å². The second-order valence-corrected chi connectivity index (χ2v) is 6.46. The lowest BCUT2D eigenvalue weighted by Gasteiger charge is -2.31. The van der Waals surface area contributed by atoms with Crippen LogP contribution < -0.4 is 4.74 Å². The van der Waals surface area contributed by atoms with Gasteiger partial charge in [-0.15, -0.1) is 0 Å². The smallest absolute Gasteiger partial charge is 0.312 e. The molecule has 0 aliphatic carbocycles. The molecule has 1 aromatic rings.